The molecule has 4 aromatic rings. The Bertz CT molecular complexity index is 2580. The normalized spacial score (nSPS) is 14.2. The fourth-order valence-corrected chi connectivity index (χ4v) is 35.2. The van der Waals surface area contributed by atoms with Crippen molar-refractivity contribution >= 4 is 63.8 Å². The molecule has 0 aliphatic heterocycles. The van der Waals surface area contributed by atoms with Crippen LogP contribution in [0.1, 0.15) is 303 Å². The van der Waals surface area contributed by atoms with E-state index < -0.39 is 40.1 Å². The molecular formula is C85H158Ir4O2P8+4. The van der Waals surface area contributed by atoms with Crippen molar-refractivity contribution in [3.05, 3.63) is 130 Å². The molecule has 0 aromatic heterocycles. The van der Waals surface area contributed by atoms with Gasteiger partial charge in [0, 0.05) is 148 Å². The summed E-state index contributed by atoms with van der Waals surface area (Å²) in [5.74, 6) is 1.62. The molecule has 0 aliphatic carbocycles. The molecule has 0 spiro atoms. The van der Waals surface area contributed by atoms with Crippen LogP contribution in [0.5, 0.6) is 11.5 Å². The van der Waals surface area contributed by atoms with Crippen molar-refractivity contribution in [1.82, 2.24) is 0 Å². The summed E-state index contributed by atoms with van der Waals surface area (Å²) in [6.07, 6.45) is 7.38. The molecule has 0 saturated heterocycles. The molecule has 0 aliphatic rings. The molecule has 3 unspecified atom stereocenters. The molecule has 0 fully saturated rings. The van der Waals surface area contributed by atoms with Crippen LogP contribution in [0.15, 0.2) is 72.8 Å². The molecule has 0 N–H and O–H groups in total. The summed E-state index contributed by atoms with van der Waals surface area (Å²) in [5.41, 5.74) is 8.59. The Labute approximate surface area is 682 Å². The van der Waals surface area contributed by atoms with Crippen LogP contribution in [-0.2, 0) is 117 Å². The SMILES string of the molecule is CC(C)(C)[PH+](Cc1[c-]c(C[PH+](C(C)(C)C)C(C)(C)C)ccc1)C(C)(C)C.CC(C)(C)[PH+](Oc1[c-]c(O[PH+](C(C)(C)C)C(C)(C)C)ccc1)C(C)(C)C.C[PH+](Cc1[c-]c(C[PH+](C(C)(C)C)C(C)(C)C)ccc1)C(C)(C)C.C[PH+](Cc1[c-]c(C[PH+](C)C(C)(C)C)ccc1)C(C)(C)C.[Ir].[Ir].[Ir].[Ir]. The van der Waals surface area contributed by atoms with Crippen LogP contribution in [0, 0.1) is 24.3 Å². The zero-order valence-corrected chi connectivity index (χ0v) is 89.4. The Morgan fingerprint density at radius 2 is 0.384 bits per heavy atom. The van der Waals surface area contributed by atoms with E-state index in [4.69, 9.17) is 9.05 Å². The van der Waals surface area contributed by atoms with Crippen LogP contribution in [0.25, 0.3) is 0 Å². The molecule has 0 bridgehead atoms. The van der Waals surface area contributed by atoms with Crippen molar-refractivity contribution in [3.8, 4) is 11.5 Å². The molecular weight excluding hydrogens is 2070 g/mol. The second kappa shape index (κ2) is 42.8. The van der Waals surface area contributed by atoms with Crippen molar-refractivity contribution in [2.75, 3.05) is 20.0 Å². The predicted octanol–water partition coefficient (Wildman–Crippen LogP) is 28.5. The average Bonchev–Trinajstić information content (AvgIpc) is 0.784. The van der Waals surface area contributed by atoms with Gasteiger partial charge in [-0.15, -0.1) is 45.5 Å². The summed E-state index contributed by atoms with van der Waals surface area (Å²) in [6, 6.07) is 41.3. The molecule has 582 valence electrons. The van der Waals surface area contributed by atoms with E-state index in [9.17, 15) is 0 Å². The quantitative estimate of drug-likeness (QED) is 0.0822. The van der Waals surface area contributed by atoms with Gasteiger partial charge in [0.05, 0.1) is 94.9 Å². The van der Waals surface area contributed by atoms with Crippen molar-refractivity contribution in [3.63, 3.8) is 0 Å². The van der Waals surface area contributed by atoms with Crippen molar-refractivity contribution in [2.24, 2.45) is 0 Å². The topological polar surface area (TPSA) is 18.5 Å². The third-order valence-corrected chi connectivity index (χ3v) is 48.2. The van der Waals surface area contributed by atoms with E-state index in [0.29, 0.717) is 46.4 Å². The van der Waals surface area contributed by atoms with E-state index in [1.54, 1.807) is 0 Å². The first-order chi connectivity index (χ1) is 42.0. The van der Waals surface area contributed by atoms with Crippen molar-refractivity contribution in [2.45, 2.75) is 374 Å². The first-order valence-electron chi connectivity index (χ1n) is 36.3. The Kier molecular flexibility index (Phi) is 46.6. The van der Waals surface area contributed by atoms with Crippen LogP contribution in [0.2, 0.25) is 0 Å². The maximum absolute atomic E-state index is 6.51. The van der Waals surface area contributed by atoms with Crippen LogP contribution >= 0.6 is 63.8 Å². The third kappa shape index (κ3) is 41.9. The van der Waals surface area contributed by atoms with E-state index in [1.165, 1.54) is 70.4 Å². The van der Waals surface area contributed by atoms with Gasteiger partial charge >= 0.3 is 0 Å². The van der Waals surface area contributed by atoms with Crippen LogP contribution < -0.4 is 9.05 Å². The molecule has 4 rings (SSSR count). The van der Waals surface area contributed by atoms with Gasteiger partial charge in [-0.2, -0.15) is 78.9 Å². The molecule has 99 heavy (non-hydrogen) atoms. The zero-order chi connectivity index (χ0) is 74.7. The van der Waals surface area contributed by atoms with Gasteiger partial charge in [0.25, 0.3) is 0 Å². The summed E-state index contributed by atoms with van der Waals surface area (Å²) in [4.78, 5) is 0. The molecule has 0 saturated carbocycles. The Morgan fingerprint density at radius 1 is 0.222 bits per heavy atom. The van der Waals surface area contributed by atoms with Gasteiger partial charge in [-0.05, 0) is 270 Å². The average molecular weight is 2230 g/mol. The van der Waals surface area contributed by atoms with Crippen LogP contribution in [-0.4, -0.2) is 87.0 Å². The second-order valence-corrected chi connectivity index (χ2v) is 72.3. The smallest absolute Gasteiger partial charge is 0.185 e. The third-order valence-electron chi connectivity index (χ3n) is 18.4. The second-order valence-electron chi connectivity index (χ2n) is 41.4. The van der Waals surface area contributed by atoms with E-state index in [-0.39, 0.29) is 125 Å². The Hall–Kier alpha value is 2.52. The summed E-state index contributed by atoms with van der Waals surface area (Å²) in [6.45, 7) is 99.6. The van der Waals surface area contributed by atoms with Crippen LogP contribution in [0.3, 0.4) is 0 Å². The molecule has 4 aromatic carbocycles. The summed E-state index contributed by atoms with van der Waals surface area (Å²) in [7, 11) is -4.93. The Morgan fingerprint density at radius 3 is 0.535 bits per heavy atom. The predicted molar refractivity (Wildman–Crippen MR) is 466 cm³/mol. The molecule has 2 nitrogen and oxygen atoms in total. The summed E-state index contributed by atoms with van der Waals surface area (Å²) in [5, 5.41) is 4.39. The van der Waals surface area contributed by atoms with Gasteiger partial charge in [-0.1, -0.05) is 6.07 Å². The molecule has 0 amide bonds. The largest absolute Gasteiger partial charge is 0.378 e. The number of hydrogen-bond acceptors (Lipinski definition) is 2. The molecule has 0 heterocycles. The van der Waals surface area contributed by atoms with Crippen molar-refractivity contribution in [1.29, 1.82) is 0 Å². The number of benzene rings is 4. The Balaban J connectivity index is -0.000000602. The van der Waals surface area contributed by atoms with E-state index in [0.717, 1.165) is 11.5 Å². The van der Waals surface area contributed by atoms with Gasteiger partial charge in [0.15, 0.2) is 16.3 Å². The fourth-order valence-electron chi connectivity index (χ4n) is 13.1. The monoisotopic (exact) mass is 2230 g/mol. The number of hydrogen-bond donors (Lipinski definition) is 0. The summed E-state index contributed by atoms with van der Waals surface area (Å²) < 4.78 is 13.0. The van der Waals surface area contributed by atoms with Gasteiger partial charge in [0.2, 0.25) is 0 Å². The van der Waals surface area contributed by atoms with E-state index >= 15 is 0 Å². The minimum Gasteiger partial charge on any atom is -0.378 e. The zero-order valence-electron chi connectivity index (χ0n) is 71.8. The maximum Gasteiger partial charge on any atom is 0.185 e. The van der Waals surface area contributed by atoms with Crippen LogP contribution in [0.4, 0.5) is 0 Å². The van der Waals surface area contributed by atoms with E-state index in [1.807, 2.05) is 18.2 Å². The van der Waals surface area contributed by atoms with Gasteiger partial charge in [-0.3, -0.25) is 0 Å². The van der Waals surface area contributed by atoms with Gasteiger partial charge in [0.1, 0.15) is 20.6 Å². The maximum atomic E-state index is 6.51. The first kappa shape index (κ1) is 108. The summed E-state index contributed by atoms with van der Waals surface area (Å²) >= 11 is 0. The number of rotatable bonds is 16. The standard InChI is InChI=1S/C24H43P2.C22H39O2P2.C21H37P2.C18H31P2.4Ir/c1-21(2,3)25(22(4,5)6)17-19-14-13-15-20(16-19)18-26(23(7,8)9)24(10,11)12;1-19(2,3)25(20(4,5)6)23-17-14-13-15-18(16-17)24-26(21(7,8)9)22(10,11)12;1-19(2,3)22(10)15-17-12-11-13-18(14-17)16-23(20(4,5)6)21(7,8)9;1-17(2,3)19(7)13-15-10-9-11-16(12-15)14-20(8)18(4,5)6;;;;/h13-15H,17-18H2,1-12H3;13-15H,1-12H3;11-13H,15-16H2,1-10H3;9-11H,13-14H2,1-8H3;;;;/q4*-1;;;;/p+8. The molecule has 14 heteroatoms. The minimum absolute atomic E-state index is 0. The van der Waals surface area contributed by atoms with E-state index in [2.05, 4.69) is 369 Å². The van der Waals surface area contributed by atoms with Crippen molar-refractivity contribution < 1.29 is 89.5 Å². The molecule has 3 atom stereocenters. The fraction of sp³-hybridized carbons (Fsp3) is 0.718. The minimum atomic E-state index is -1.11. The van der Waals surface area contributed by atoms with Gasteiger partial charge in [-0.25, -0.2) is 0 Å². The van der Waals surface area contributed by atoms with Gasteiger partial charge < -0.3 is 9.05 Å². The molecule has 4 radical (unpaired) electrons. The first-order valence-corrected chi connectivity index (χ1v) is 50.8.